The zero-order valence-corrected chi connectivity index (χ0v) is 14.1. The van der Waals surface area contributed by atoms with Gasteiger partial charge in [-0.05, 0) is 55.8 Å². The van der Waals surface area contributed by atoms with Gasteiger partial charge in [0.2, 0.25) is 0 Å². The lowest BCUT2D eigenvalue weighted by atomic mass is 9.68. The third-order valence-electron chi connectivity index (χ3n) is 6.25. The van der Waals surface area contributed by atoms with Crippen molar-refractivity contribution in [3.05, 3.63) is 0 Å². The van der Waals surface area contributed by atoms with E-state index >= 15 is 0 Å². The quantitative estimate of drug-likeness (QED) is 0.488. The molecule has 0 amide bonds. The van der Waals surface area contributed by atoms with Crippen LogP contribution in [0, 0.1) is 23.7 Å². The van der Waals surface area contributed by atoms with Gasteiger partial charge in [0.25, 0.3) is 0 Å². The van der Waals surface area contributed by atoms with Crippen LogP contribution in [0.3, 0.4) is 0 Å². The van der Waals surface area contributed by atoms with E-state index in [-0.39, 0.29) is 0 Å². The molecule has 0 aromatic heterocycles. The summed E-state index contributed by atoms with van der Waals surface area (Å²) in [7, 11) is 0. The molecule has 0 atom stereocenters. The summed E-state index contributed by atoms with van der Waals surface area (Å²) >= 11 is 0. The number of alkyl halides is 3. The van der Waals surface area contributed by atoms with Crippen LogP contribution in [0.5, 0.6) is 0 Å². The van der Waals surface area contributed by atoms with Gasteiger partial charge in [0.15, 0.2) is 0 Å². The maximum Gasteiger partial charge on any atom is 0.389 e. The summed E-state index contributed by atoms with van der Waals surface area (Å²) in [6.45, 7) is 2.27. The highest BCUT2D eigenvalue weighted by Gasteiger charge is 2.33. The van der Waals surface area contributed by atoms with E-state index in [1.807, 2.05) is 0 Å². The molecule has 0 radical (unpaired) electrons. The first-order valence-electron chi connectivity index (χ1n) is 9.54. The molecule has 2 rings (SSSR count). The van der Waals surface area contributed by atoms with Gasteiger partial charge in [0, 0.05) is 6.42 Å². The monoisotopic (exact) mass is 318 g/mol. The summed E-state index contributed by atoms with van der Waals surface area (Å²) in [4.78, 5) is 0. The second-order valence-electron chi connectivity index (χ2n) is 7.86. The average Bonchev–Trinajstić information content (AvgIpc) is 2.51. The van der Waals surface area contributed by atoms with E-state index in [1.165, 1.54) is 57.8 Å². The molecule has 130 valence electrons. The molecule has 0 N–H and O–H groups in total. The number of rotatable bonds is 6. The predicted molar refractivity (Wildman–Crippen MR) is 85.7 cm³/mol. The fourth-order valence-electron chi connectivity index (χ4n) is 4.76. The maximum absolute atomic E-state index is 12.3. The maximum atomic E-state index is 12.3. The molecule has 0 unspecified atom stereocenters. The van der Waals surface area contributed by atoms with Crippen molar-refractivity contribution in [1.82, 2.24) is 0 Å². The largest absolute Gasteiger partial charge is 0.389 e. The van der Waals surface area contributed by atoms with Crippen molar-refractivity contribution in [1.29, 1.82) is 0 Å². The van der Waals surface area contributed by atoms with Gasteiger partial charge in [-0.3, -0.25) is 0 Å². The van der Waals surface area contributed by atoms with Gasteiger partial charge in [-0.25, -0.2) is 0 Å². The summed E-state index contributed by atoms with van der Waals surface area (Å²) in [6.07, 6.45) is 9.93. The highest BCUT2D eigenvalue weighted by Crippen LogP contribution is 2.43. The molecule has 0 bridgehead atoms. The van der Waals surface area contributed by atoms with Crippen molar-refractivity contribution in [3.8, 4) is 0 Å². The lowest BCUT2D eigenvalue weighted by Gasteiger charge is -2.38. The van der Waals surface area contributed by atoms with Gasteiger partial charge in [-0.2, -0.15) is 13.2 Å². The van der Waals surface area contributed by atoms with Crippen LogP contribution in [0.2, 0.25) is 0 Å². The van der Waals surface area contributed by atoms with Gasteiger partial charge < -0.3 is 0 Å². The van der Waals surface area contributed by atoms with Crippen LogP contribution in [0.1, 0.15) is 90.4 Å². The van der Waals surface area contributed by atoms with Gasteiger partial charge in [-0.1, -0.05) is 51.9 Å². The van der Waals surface area contributed by atoms with Gasteiger partial charge in [0.05, 0.1) is 0 Å². The SMILES string of the molecule is CCCC[C@H]1CC[C@H]([C@H]2CC[C@H](CCC(F)(F)F)CC2)CC1. The fourth-order valence-corrected chi connectivity index (χ4v) is 4.76. The number of hydrogen-bond acceptors (Lipinski definition) is 0. The molecular weight excluding hydrogens is 285 g/mol. The summed E-state index contributed by atoms with van der Waals surface area (Å²) in [6, 6.07) is 0. The summed E-state index contributed by atoms with van der Waals surface area (Å²) in [5.41, 5.74) is 0. The lowest BCUT2D eigenvalue weighted by molar-refractivity contribution is -0.138. The van der Waals surface area contributed by atoms with Crippen LogP contribution in [0.15, 0.2) is 0 Å². The van der Waals surface area contributed by atoms with E-state index in [4.69, 9.17) is 0 Å². The van der Waals surface area contributed by atoms with E-state index in [2.05, 4.69) is 6.92 Å². The molecule has 2 fully saturated rings. The van der Waals surface area contributed by atoms with Crippen molar-refractivity contribution in [2.45, 2.75) is 96.6 Å². The van der Waals surface area contributed by atoms with Crippen molar-refractivity contribution in [2.24, 2.45) is 23.7 Å². The molecule has 0 spiro atoms. The molecule has 3 heteroatoms. The predicted octanol–water partition coefficient (Wildman–Crippen LogP) is 7.13. The van der Waals surface area contributed by atoms with Gasteiger partial charge in [0.1, 0.15) is 0 Å². The Bertz CT molecular complexity index is 294. The topological polar surface area (TPSA) is 0 Å². The Kier molecular flexibility index (Phi) is 7.08. The van der Waals surface area contributed by atoms with Crippen molar-refractivity contribution >= 4 is 0 Å². The van der Waals surface area contributed by atoms with Gasteiger partial charge >= 0.3 is 6.18 Å². The second kappa shape index (κ2) is 8.59. The molecule has 0 nitrogen and oxygen atoms in total. The smallest absolute Gasteiger partial charge is 0.171 e. The molecule has 0 aromatic carbocycles. The van der Waals surface area contributed by atoms with Crippen LogP contribution < -0.4 is 0 Å². The average molecular weight is 318 g/mol. The van der Waals surface area contributed by atoms with Crippen molar-refractivity contribution in [3.63, 3.8) is 0 Å². The van der Waals surface area contributed by atoms with E-state index in [1.54, 1.807) is 0 Å². The fraction of sp³-hybridized carbons (Fsp3) is 1.00. The standard InChI is InChI=1S/C19H33F3/c1-2-3-4-15-5-9-17(10-6-15)18-11-7-16(8-12-18)13-14-19(20,21)22/h15-18H,2-14H2,1H3/t15-,16-,17-,18-. The van der Waals surface area contributed by atoms with Gasteiger partial charge in [-0.15, -0.1) is 0 Å². The first-order valence-corrected chi connectivity index (χ1v) is 9.54. The van der Waals surface area contributed by atoms with Crippen LogP contribution in [-0.2, 0) is 0 Å². The number of hydrogen-bond donors (Lipinski definition) is 0. The summed E-state index contributed by atoms with van der Waals surface area (Å²) in [5.74, 6) is 2.98. The normalized spacial score (nSPS) is 33.8. The molecule has 0 aromatic rings. The molecule has 2 aliphatic rings. The van der Waals surface area contributed by atoms with Crippen LogP contribution >= 0.6 is 0 Å². The minimum atomic E-state index is -3.96. The lowest BCUT2D eigenvalue weighted by Crippen LogP contribution is -2.26. The Balaban J connectivity index is 1.63. The zero-order valence-electron chi connectivity index (χ0n) is 14.1. The van der Waals surface area contributed by atoms with Crippen LogP contribution in [0.4, 0.5) is 13.2 Å². The number of unbranched alkanes of at least 4 members (excludes halogenated alkanes) is 1. The van der Waals surface area contributed by atoms with Crippen molar-refractivity contribution < 1.29 is 13.2 Å². The molecule has 0 heterocycles. The molecule has 2 aliphatic carbocycles. The molecule has 2 saturated carbocycles. The highest BCUT2D eigenvalue weighted by molar-refractivity contribution is 4.82. The van der Waals surface area contributed by atoms with E-state index in [9.17, 15) is 13.2 Å². The van der Waals surface area contributed by atoms with E-state index < -0.39 is 12.6 Å². The Morgan fingerprint density at radius 2 is 1.18 bits per heavy atom. The Morgan fingerprint density at radius 1 is 0.727 bits per heavy atom. The molecule has 0 saturated heterocycles. The van der Waals surface area contributed by atoms with Crippen molar-refractivity contribution in [2.75, 3.05) is 0 Å². The Hall–Kier alpha value is -0.210. The highest BCUT2D eigenvalue weighted by atomic mass is 19.4. The van der Waals surface area contributed by atoms with Crippen LogP contribution in [0.25, 0.3) is 0 Å². The third-order valence-corrected chi connectivity index (χ3v) is 6.25. The summed E-state index contributed by atoms with van der Waals surface area (Å²) < 4.78 is 36.9. The second-order valence-corrected chi connectivity index (χ2v) is 7.86. The minimum Gasteiger partial charge on any atom is -0.171 e. The third kappa shape index (κ3) is 6.12. The number of halogens is 3. The zero-order chi connectivity index (χ0) is 16.0. The molecular formula is C19H33F3. The van der Waals surface area contributed by atoms with E-state index in [0.29, 0.717) is 12.3 Å². The summed E-state index contributed by atoms with van der Waals surface area (Å²) in [5, 5.41) is 0. The molecule has 22 heavy (non-hydrogen) atoms. The van der Waals surface area contributed by atoms with Crippen LogP contribution in [-0.4, -0.2) is 6.18 Å². The first kappa shape index (κ1) is 18.1. The first-order chi connectivity index (χ1) is 10.5. The Morgan fingerprint density at radius 3 is 1.59 bits per heavy atom. The van der Waals surface area contributed by atoms with E-state index in [0.717, 1.165) is 30.6 Å². The Labute approximate surface area is 134 Å². The molecule has 0 aliphatic heterocycles. The minimum absolute atomic E-state index is 0.332.